The van der Waals surface area contributed by atoms with Crippen molar-refractivity contribution in [2.75, 3.05) is 27.3 Å². The molecule has 0 aliphatic rings. The third-order valence-electron chi connectivity index (χ3n) is 3.69. The van der Waals surface area contributed by atoms with Gasteiger partial charge in [0.2, 0.25) is 11.8 Å². The van der Waals surface area contributed by atoms with Crippen LogP contribution in [0.4, 0.5) is 0 Å². The zero-order valence-corrected chi connectivity index (χ0v) is 15.2. The lowest BCUT2D eigenvalue weighted by atomic mass is 10.1. The second kappa shape index (κ2) is 9.80. The maximum absolute atomic E-state index is 12.1. The van der Waals surface area contributed by atoms with Crippen LogP contribution in [0.25, 0.3) is 0 Å². The molecule has 1 aromatic carbocycles. The van der Waals surface area contributed by atoms with Gasteiger partial charge in [-0.1, -0.05) is 19.9 Å². The predicted octanol–water partition coefficient (Wildman–Crippen LogP) is 2.21. The van der Waals surface area contributed by atoms with Crippen LogP contribution in [-0.2, 0) is 16.1 Å². The standard InChI is InChI=1S/C18H28N2O4/c1-13(2)8-9-20(14(3)21)12-18(22)19-11-15-6-7-16(23-4)17(10-15)24-5/h6-7,10,13H,8-9,11-12H2,1-5H3,(H,19,22). The van der Waals surface area contributed by atoms with Crippen molar-refractivity contribution >= 4 is 11.8 Å². The summed E-state index contributed by atoms with van der Waals surface area (Å²) >= 11 is 0. The van der Waals surface area contributed by atoms with Crippen molar-refractivity contribution in [2.24, 2.45) is 5.92 Å². The van der Waals surface area contributed by atoms with E-state index in [4.69, 9.17) is 9.47 Å². The molecule has 0 saturated heterocycles. The molecule has 2 amide bonds. The number of hydrogen-bond donors (Lipinski definition) is 1. The van der Waals surface area contributed by atoms with E-state index in [2.05, 4.69) is 19.2 Å². The minimum Gasteiger partial charge on any atom is -0.493 e. The number of nitrogens with zero attached hydrogens (tertiary/aromatic N) is 1. The van der Waals surface area contributed by atoms with Crippen molar-refractivity contribution in [3.05, 3.63) is 23.8 Å². The Morgan fingerprint density at radius 2 is 1.83 bits per heavy atom. The number of carbonyl (C=O) groups excluding carboxylic acids is 2. The molecule has 0 fully saturated rings. The molecule has 6 heteroatoms. The van der Waals surface area contributed by atoms with Gasteiger partial charge in [0.1, 0.15) is 0 Å². The minimum absolute atomic E-state index is 0.0787. The van der Waals surface area contributed by atoms with Crippen LogP contribution in [0, 0.1) is 5.92 Å². The van der Waals surface area contributed by atoms with Crippen LogP contribution in [0.3, 0.4) is 0 Å². The number of nitrogens with one attached hydrogen (secondary N) is 1. The van der Waals surface area contributed by atoms with Crippen LogP contribution in [0.1, 0.15) is 32.8 Å². The maximum Gasteiger partial charge on any atom is 0.239 e. The molecule has 0 unspecified atom stereocenters. The molecule has 0 radical (unpaired) electrons. The first-order valence-corrected chi connectivity index (χ1v) is 8.10. The Labute approximate surface area is 144 Å². The lowest BCUT2D eigenvalue weighted by Crippen LogP contribution is -2.40. The Bertz CT molecular complexity index is 558. The van der Waals surface area contributed by atoms with Crippen LogP contribution in [0.2, 0.25) is 0 Å². The topological polar surface area (TPSA) is 67.9 Å². The third-order valence-corrected chi connectivity index (χ3v) is 3.69. The van der Waals surface area contributed by atoms with E-state index in [1.807, 2.05) is 12.1 Å². The summed E-state index contributed by atoms with van der Waals surface area (Å²) in [6.07, 6.45) is 0.878. The van der Waals surface area contributed by atoms with E-state index in [1.165, 1.54) is 6.92 Å². The summed E-state index contributed by atoms with van der Waals surface area (Å²) in [5.74, 6) is 1.48. The SMILES string of the molecule is COc1ccc(CNC(=O)CN(CCC(C)C)C(C)=O)cc1OC. The average Bonchev–Trinajstić information content (AvgIpc) is 2.55. The van der Waals surface area contributed by atoms with Gasteiger partial charge in [-0.3, -0.25) is 9.59 Å². The molecule has 0 saturated carbocycles. The van der Waals surface area contributed by atoms with Gasteiger partial charge in [-0.05, 0) is 30.0 Å². The molecule has 0 spiro atoms. The summed E-state index contributed by atoms with van der Waals surface area (Å²) in [7, 11) is 3.15. The molecule has 0 atom stereocenters. The number of ether oxygens (including phenoxy) is 2. The lowest BCUT2D eigenvalue weighted by molar-refractivity contribution is -0.134. The fraction of sp³-hybridized carbons (Fsp3) is 0.556. The third kappa shape index (κ3) is 6.48. The molecule has 6 nitrogen and oxygen atoms in total. The number of rotatable bonds is 9. The Morgan fingerprint density at radius 1 is 1.17 bits per heavy atom. The fourth-order valence-corrected chi connectivity index (χ4v) is 2.18. The Balaban J connectivity index is 2.56. The molecular weight excluding hydrogens is 308 g/mol. The van der Waals surface area contributed by atoms with Gasteiger partial charge in [0.05, 0.1) is 20.8 Å². The van der Waals surface area contributed by atoms with Crippen molar-refractivity contribution < 1.29 is 19.1 Å². The summed E-state index contributed by atoms with van der Waals surface area (Å²) in [4.78, 5) is 25.3. The zero-order chi connectivity index (χ0) is 18.1. The highest BCUT2D eigenvalue weighted by molar-refractivity contribution is 5.83. The van der Waals surface area contributed by atoms with Crippen molar-refractivity contribution in [1.29, 1.82) is 0 Å². The molecule has 0 aliphatic carbocycles. The van der Waals surface area contributed by atoms with Crippen LogP contribution in [0.15, 0.2) is 18.2 Å². The Kier molecular flexibility index (Phi) is 8.09. The van der Waals surface area contributed by atoms with E-state index in [0.717, 1.165) is 12.0 Å². The summed E-state index contributed by atoms with van der Waals surface area (Å²) in [5.41, 5.74) is 0.901. The molecular formula is C18H28N2O4. The Morgan fingerprint density at radius 3 is 2.38 bits per heavy atom. The van der Waals surface area contributed by atoms with E-state index in [1.54, 1.807) is 25.2 Å². The van der Waals surface area contributed by atoms with Crippen molar-refractivity contribution in [3.63, 3.8) is 0 Å². The van der Waals surface area contributed by atoms with E-state index in [0.29, 0.717) is 30.5 Å². The number of benzene rings is 1. The summed E-state index contributed by atoms with van der Waals surface area (Å²) in [6, 6.07) is 5.48. The first-order chi connectivity index (χ1) is 11.4. The molecule has 1 aromatic rings. The van der Waals surface area contributed by atoms with Gasteiger partial charge in [0, 0.05) is 20.0 Å². The zero-order valence-electron chi connectivity index (χ0n) is 15.2. The largest absolute Gasteiger partial charge is 0.493 e. The highest BCUT2D eigenvalue weighted by atomic mass is 16.5. The molecule has 1 rings (SSSR count). The molecule has 24 heavy (non-hydrogen) atoms. The Hall–Kier alpha value is -2.24. The van der Waals surface area contributed by atoms with Crippen LogP contribution in [-0.4, -0.2) is 44.0 Å². The molecule has 0 bridgehead atoms. The maximum atomic E-state index is 12.1. The van der Waals surface area contributed by atoms with E-state index in [-0.39, 0.29) is 18.4 Å². The van der Waals surface area contributed by atoms with Gasteiger partial charge >= 0.3 is 0 Å². The van der Waals surface area contributed by atoms with Crippen LogP contribution in [0.5, 0.6) is 11.5 Å². The highest BCUT2D eigenvalue weighted by Crippen LogP contribution is 2.27. The van der Waals surface area contributed by atoms with E-state index in [9.17, 15) is 9.59 Å². The van der Waals surface area contributed by atoms with Gasteiger partial charge in [-0.25, -0.2) is 0 Å². The van der Waals surface area contributed by atoms with Crippen molar-refractivity contribution in [2.45, 2.75) is 33.7 Å². The molecule has 0 heterocycles. The number of carbonyl (C=O) groups is 2. The first kappa shape index (κ1) is 19.8. The van der Waals surface area contributed by atoms with Gasteiger partial charge in [-0.15, -0.1) is 0 Å². The van der Waals surface area contributed by atoms with Crippen LogP contribution >= 0.6 is 0 Å². The smallest absolute Gasteiger partial charge is 0.239 e. The number of hydrogen-bond acceptors (Lipinski definition) is 4. The highest BCUT2D eigenvalue weighted by Gasteiger charge is 2.14. The van der Waals surface area contributed by atoms with Crippen molar-refractivity contribution in [3.8, 4) is 11.5 Å². The normalized spacial score (nSPS) is 10.4. The first-order valence-electron chi connectivity index (χ1n) is 8.10. The second-order valence-electron chi connectivity index (χ2n) is 6.09. The molecule has 1 N–H and O–H groups in total. The molecule has 0 aliphatic heterocycles. The van der Waals surface area contributed by atoms with E-state index >= 15 is 0 Å². The number of amides is 2. The quantitative estimate of drug-likeness (QED) is 0.751. The van der Waals surface area contributed by atoms with Crippen LogP contribution < -0.4 is 14.8 Å². The van der Waals surface area contributed by atoms with Gasteiger partial charge in [0.15, 0.2) is 11.5 Å². The predicted molar refractivity (Wildman–Crippen MR) is 93.1 cm³/mol. The molecule has 0 aromatic heterocycles. The summed E-state index contributed by atoms with van der Waals surface area (Å²) < 4.78 is 10.4. The summed E-state index contributed by atoms with van der Waals surface area (Å²) in [6.45, 7) is 6.72. The van der Waals surface area contributed by atoms with Gasteiger partial charge in [0.25, 0.3) is 0 Å². The van der Waals surface area contributed by atoms with E-state index < -0.39 is 0 Å². The monoisotopic (exact) mass is 336 g/mol. The lowest BCUT2D eigenvalue weighted by Gasteiger charge is -2.21. The number of methoxy groups -OCH3 is 2. The average molecular weight is 336 g/mol. The summed E-state index contributed by atoms with van der Waals surface area (Å²) in [5, 5.41) is 2.83. The molecule has 134 valence electrons. The minimum atomic E-state index is -0.177. The second-order valence-corrected chi connectivity index (χ2v) is 6.09. The fourth-order valence-electron chi connectivity index (χ4n) is 2.18. The van der Waals surface area contributed by atoms with Crippen molar-refractivity contribution in [1.82, 2.24) is 10.2 Å². The van der Waals surface area contributed by atoms with Gasteiger partial charge < -0.3 is 19.7 Å². The van der Waals surface area contributed by atoms with Gasteiger partial charge in [-0.2, -0.15) is 0 Å².